The highest BCUT2D eigenvalue weighted by molar-refractivity contribution is 5.16. The summed E-state index contributed by atoms with van der Waals surface area (Å²) in [4.78, 5) is 0. The summed E-state index contributed by atoms with van der Waals surface area (Å²) in [5.74, 6) is 12.6. The first kappa shape index (κ1) is 12.2. The number of hydrogen-bond donors (Lipinski definition) is 0. The number of ether oxygens (including phenoxy) is 2. The molecule has 0 aliphatic heterocycles. The molecular formula is C15H18O2. The second kappa shape index (κ2) is 5.92. The van der Waals surface area contributed by atoms with E-state index in [0.717, 1.165) is 6.42 Å². The minimum Gasteiger partial charge on any atom is -0.362 e. The highest BCUT2D eigenvalue weighted by atomic mass is 16.5. The molecule has 1 fully saturated rings. The monoisotopic (exact) mass is 230 g/mol. The van der Waals surface area contributed by atoms with Crippen LogP contribution in [0.15, 0.2) is 12.2 Å². The van der Waals surface area contributed by atoms with E-state index in [4.69, 9.17) is 9.47 Å². The van der Waals surface area contributed by atoms with E-state index in [2.05, 4.69) is 35.8 Å². The summed E-state index contributed by atoms with van der Waals surface area (Å²) in [5, 5.41) is 0. The van der Waals surface area contributed by atoms with Gasteiger partial charge in [-0.2, -0.15) is 0 Å². The van der Waals surface area contributed by atoms with Gasteiger partial charge in [-0.15, -0.1) is 11.8 Å². The van der Waals surface area contributed by atoms with E-state index in [9.17, 15) is 0 Å². The molecule has 0 spiro atoms. The number of rotatable bonds is 4. The van der Waals surface area contributed by atoms with E-state index >= 15 is 0 Å². The minimum absolute atomic E-state index is 0.157. The molecule has 0 N–H and O–H groups in total. The second-order valence-electron chi connectivity index (χ2n) is 4.35. The standard InChI is InChI=1S/C15H18O2/c1-3-5-9-16-14-12-7-8-13(11-12)15(14)17-10-6-4-2/h7-8,12-15H,9-11H2,1-2H3/t12-,13+,14-,15+. The molecule has 2 nitrogen and oxygen atoms in total. The largest absolute Gasteiger partial charge is 0.362 e. The number of hydrogen-bond acceptors (Lipinski definition) is 2. The lowest BCUT2D eigenvalue weighted by Gasteiger charge is -2.26. The van der Waals surface area contributed by atoms with Crippen LogP contribution in [-0.2, 0) is 9.47 Å². The normalized spacial score (nSPS) is 32.8. The minimum atomic E-state index is 0.157. The van der Waals surface area contributed by atoms with Crippen molar-refractivity contribution >= 4 is 0 Å². The Balaban J connectivity index is 1.92. The molecule has 0 aromatic rings. The summed E-state index contributed by atoms with van der Waals surface area (Å²) in [6.07, 6.45) is 5.96. The van der Waals surface area contributed by atoms with E-state index in [1.54, 1.807) is 0 Å². The van der Waals surface area contributed by atoms with Crippen molar-refractivity contribution in [3.63, 3.8) is 0 Å². The van der Waals surface area contributed by atoms with Crippen LogP contribution in [0, 0.1) is 35.5 Å². The first-order valence-electron chi connectivity index (χ1n) is 6.07. The maximum atomic E-state index is 5.82. The van der Waals surface area contributed by atoms with Crippen molar-refractivity contribution in [1.29, 1.82) is 0 Å². The van der Waals surface area contributed by atoms with E-state index in [-0.39, 0.29) is 12.2 Å². The Bertz CT molecular complexity index is 364. The Kier molecular flexibility index (Phi) is 4.26. The van der Waals surface area contributed by atoms with Gasteiger partial charge >= 0.3 is 0 Å². The third-order valence-corrected chi connectivity index (χ3v) is 3.37. The Morgan fingerprint density at radius 3 is 1.82 bits per heavy atom. The van der Waals surface area contributed by atoms with Crippen molar-refractivity contribution in [1.82, 2.24) is 0 Å². The average molecular weight is 230 g/mol. The number of fused-ring (bicyclic) bond motifs is 2. The second-order valence-corrected chi connectivity index (χ2v) is 4.35. The summed E-state index contributed by atoms with van der Waals surface area (Å²) in [7, 11) is 0. The molecular weight excluding hydrogens is 212 g/mol. The lowest BCUT2D eigenvalue weighted by atomic mass is 10.0. The Morgan fingerprint density at radius 2 is 1.41 bits per heavy atom. The molecule has 1 saturated carbocycles. The Morgan fingerprint density at radius 1 is 0.941 bits per heavy atom. The van der Waals surface area contributed by atoms with Crippen LogP contribution in [0.5, 0.6) is 0 Å². The molecule has 0 aromatic carbocycles. The third-order valence-electron chi connectivity index (χ3n) is 3.37. The van der Waals surface area contributed by atoms with E-state index < -0.39 is 0 Å². The Labute approximate surface area is 103 Å². The fourth-order valence-electron chi connectivity index (χ4n) is 2.59. The zero-order valence-corrected chi connectivity index (χ0v) is 10.4. The molecule has 0 heterocycles. The average Bonchev–Trinajstić information content (AvgIpc) is 2.92. The molecule has 0 amide bonds. The molecule has 17 heavy (non-hydrogen) atoms. The van der Waals surface area contributed by atoms with E-state index in [0.29, 0.717) is 25.0 Å². The topological polar surface area (TPSA) is 18.5 Å². The summed E-state index contributed by atoms with van der Waals surface area (Å²) >= 11 is 0. The molecule has 2 aliphatic carbocycles. The summed E-state index contributed by atoms with van der Waals surface area (Å²) in [6, 6.07) is 0. The predicted octanol–water partition coefficient (Wildman–Crippen LogP) is 2.01. The molecule has 0 saturated heterocycles. The van der Waals surface area contributed by atoms with Crippen molar-refractivity contribution in [2.24, 2.45) is 11.8 Å². The van der Waals surface area contributed by atoms with Gasteiger partial charge in [0.25, 0.3) is 0 Å². The van der Waals surface area contributed by atoms with Gasteiger partial charge in [0.15, 0.2) is 0 Å². The van der Waals surface area contributed by atoms with Gasteiger partial charge in [-0.25, -0.2) is 0 Å². The van der Waals surface area contributed by atoms with Gasteiger partial charge in [-0.05, 0) is 20.3 Å². The van der Waals surface area contributed by atoms with Crippen LogP contribution in [0.1, 0.15) is 20.3 Å². The van der Waals surface area contributed by atoms with Crippen LogP contribution in [0.3, 0.4) is 0 Å². The van der Waals surface area contributed by atoms with Crippen LogP contribution in [0.25, 0.3) is 0 Å². The molecule has 4 atom stereocenters. The van der Waals surface area contributed by atoms with Gasteiger partial charge in [0.1, 0.15) is 13.2 Å². The zero-order valence-electron chi connectivity index (χ0n) is 10.4. The highest BCUT2D eigenvalue weighted by Crippen LogP contribution is 2.42. The van der Waals surface area contributed by atoms with Crippen molar-refractivity contribution in [3.8, 4) is 23.7 Å². The smallest absolute Gasteiger partial charge is 0.108 e. The SMILES string of the molecule is CC#CCO[C@@H]1[C@H](OCC#CC)[C@@H]2C=C[C@H]1C2. The molecule has 2 bridgehead atoms. The molecule has 90 valence electrons. The van der Waals surface area contributed by atoms with E-state index in [1.165, 1.54) is 0 Å². The van der Waals surface area contributed by atoms with Crippen LogP contribution < -0.4 is 0 Å². The molecule has 2 aliphatic rings. The molecule has 0 radical (unpaired) electrons. The van der Waals surface area contributed by atoms with Crippen molar-refractivity contribution in [2.75, 3.05) is 13.2 Å². The highest BCUT2D eigenvalue weighted by Gasteiger charge is 2.45. The molecule has 2 heteroatoms. The first-order valence-corrected chi connectivity index (χ1v) is 6.07. The van der Waals surface area contributed by atoms with Crippen molar-refractivity contribution in [2.45, 2.75) is 32.5 Å². The molecule has 0 unspecified atom stereocenters. The third kappa shape index (κ3) is 2.72. The quantitative estimate of drug-likeness (QED) is 0.543. The molecule has 0 aromatic heterocycles. The maximum absolute atomic E-state index is 5.82. The van der Waals surface area contributed by atoms with Gasteiger partial charge in [0.2, 0.25) is 0 Å². The van der Waals surface area contributed by atoms with Crippen molar-refractivity contribution in [3.05, 3.63) is 12.2 Å². The van der Waals surface area contributed by atoms with Gasteiger partial charge in [-0.3, -0.25) is 0 Å². The predicted molar refractivity (Wildman–Crippen MR) is 67.1 cm³/mol. The fraction of sp³-hybridized carbons (Fsp3) is 0.600. The summed E-state index contributed by atoms with van der Waals surface area (Å²) in [5.41, 5.74) is 0. The summed E-state index contributed by atoms with van der Waals surface area (Å²) < 4.78 is 11.6. The zero-order chi connectivity index (χ0) is 12.1. The van der Waals surface area contributed by atoms with Crippen LogP contribution >= 0.6 is 0 Å². The Hall–Kier alpha value is -1.22. The maximum Gasteiger partial charge on any atom is 0.108 e. The van der Waals surface area contributed by atoms with Gasteiger partial charge in [-0.1, -0.05) is 24.0 Å². The lowest BCUT2D eigenvalue weighted by Crippen LogP contribution is -2.35. The fourth-order valence-corrected chi connectivity index (χ4v) is 2.59. The van der Waals surface area contributed by atoms with Crippen LogP contribution in [0.4, 0.5) is 0 Å². The van der Waals surface area contributed by atoms with Crippen LogP contribution in [-0.4, -0.2) is 25.4 Å². The summed E-state index contributed by atoms with van der Waals surface area (Å²) in [6.45, 7) is 4.65. The molecule has 2 rings (SSSR count). The van der Waals surface area contributed by atoms with Crippen molar-refractivity contribution < 1.29 is 9.47 Å². The van der Waals surface area contributed by atoms with Crippen LogP contribution in [0.2, 0.25) is 0 Å². The van der Waals surface area contributed by atoms with Gasteiger partial charge in [0, 0.05) is 11.8 Å². The van der Waals surface area contributed by atoms with Gasteiger partial charge in [0.05, 0.1) is 12.2 Å². The van der Waals surface area contributed by atoms with E-state index in [1.807, 2.05) is 13.8 Å². The first-order chi connectivity index (χ1) is 8.36. The lowest BCUT2D eigenvalue weighted by molar-refractivity contribution is -0.0599. The van der Waals surface area contributed by atoms with Gasteiger partial charge < -0.3 is 9.47 Å².